The summed E-state index contributed by atoms with van der Waals surface area (Å²) in [5.41, 5.74) is 9.39. The first-order valence-corrected chi connectivity index (χ1v) is 7.81. The van der Waals surface area contributed by atoms with E-state index in [9.17, 15) is 0 Å². The molecule has 5 heteroatoms. The number of nitrogens with two attached hydrogens (primary N) is 1. The minimum absolute atomic E-state index is 0. The SMILES string of the molecule is CCC(=Cc1ccccc1)[C@@H]1C[C@H]1NCc1cnc(N)nc1.Cl. The first kappa shape index (κ1) is 17.4. The van der Waals surface area contributed by atoms with Crippen LogP contribution >= 0.6 is 12.4 Å². The predicted molar refractivity (Wildman–Crippen MR) is 97.1 cm³/mol. The van der Waals surface area contributed by atoms with Crippen LogP contribution < -0.4 is 11.1 Å². The normalized spacial score (nSPS) is 20.0. The van der Waals surface area contributed by atoms with Crippen molar-refractivity contribution in [1.29, 1.82) is 0 Å². The van der Waals surface area contributed by atoms with Crippen molar-refractivity contribution in [2.24, 2.45) is 5.92 Å². The van der Waals surface area contributed by atoms with Crippen LogP contribution in [0.5, 0.6) is 0 Å². The highest BCUT2D eigenvalue weighted by atomic mass is 35.5. The van der Waals surface area contributed by atoms with Crippen molar-refractivity contribution in [3.05, 3.63) is 59.4 Å². The van der Waals surface area contributed by atoms with Gasteiger partial charge >= 0.3 is 0 Å². The fourth-order valence-corrected chi connectivity index (χ4v) is 2.77. The summed E-state index contributed by atoms with van der Waals surface area (Å²) in [5, 5.41) is 3.58. The third kappa shape index (κ3) is 4.78. The Morgan fingerprint density at radius 3 is 2.61 bits per heavy atom. The van der Waals surface area contributed by atoms with Crippen molar-refractivity contribution >= 4 is 24.4 Å². The van der Waals surface area contributed by atoms with Gasteiger partial charge in [0.2, 0.25) is 5.95 Å². The fourth-order valence-electron chi connectivity index (χ4n) is 2.77. The summed E-state index contributed by atoms with van der Waals surface area (Å²) in [6.07, 6.45) is 8.21. The molecule has 0 spiro atoms. The third-order valence-corrected chi connectivity index (χ3v) is 4.12. The Morgan fingerprint density at radius 1 is 1.26 bits per heavy atom. The minimum atomic E-state index is 0. The first-order valence-electron chi connectivity index (χ1n) is 7.81. The zero-order valence-electron chi connectivity index (χ0n) is 13.3. The molecule has 1 aromatic heterocycles. The number of benzene rings is 1. The standard InChI is InChI=1S/C18H22N4.ClH/c1-2-15(8-13-6-4-3-5-7-13)16-9-17(16)20-10-14-11-21-18(19)22-12-14;/h3-8,11-12,16-17,20H,2,9-10H2,1H3,(H2,19,21,22);1H/t16-,17+;/m0./s1. The Balaban J connectivity index is 0.00000192. The topological polar surface area (TPSA) is 63.8 Å². The van der Waals surface area contributed by atoms with Gasteiger partial charge in [-0.1, -0.05) is 48.9 Å². The quantitative estimate of drug-likeness (QED) is 0.851. The number of halogens is 1. The molecular formula is C18H23ClN4. The van der Waals surface area contributed by atoms with Crippen LogP contribution in [0.1, 0.15) is 30.9 Å². The highest BCUT2D eigenvalue weighted by Gasteiger charge is 2.38. The summed E-state index contributed by atoms with van der Waals surface area (Å²) in [6.45, 7) is 3.03. The van der Waals surface area contributed by atoms with Crippen molar-refractivity contribution in [2.75, 3.05) is 5.73 Å². The second-order valence-corrected chi connectivity index (χ2v) is 5.76. The highest BCUT2D eigenvalue weighted by molar-refractivity contribution is 5.85. The minimum Gasteiger partial charge on any atom is -0.368 e. The molecule has 4 nitrogen and oxygen atoms in total. The lowest BCUT2D eigenvalue weighted by atomic mass is 10.0. The summed E-state index contributed by atoms with van der Waals surface area (Å²) < 4.78 is 0. The van der Waals surface area contributed by atoms with Gasteiger partial charge in [0, 0.05) is 30.5 Å². The van der Waals surface area contributed by atoms with E-state index in [1.54, 1.807) is 12.4 Å². The van der Waals surface area contributed by atoms with Gasteiger partial charge in [0.05, 0.1) is 0 Å². The fraction of sp³-hybridized carbons (Fsp3) is 0.333. The smallest absolute Gasteiger partial charge is 0.219 e. The van der Waals surface area contributed by atoms with E-state index in [-0.39, 0.29) is 12.4 Å². The largest absolute Gasteiger partial charge is 0.368 e. The molecule has 0 unspecified atom stereocenters. The maximum Gasteiger partial charge on any atom is 0.219 e. The molecule has 1 aliphatic carbocycles. The lowest BCUT2D eigenvalue weighted by Gasteiger charge is -2.07. The van der Waals surface area contributed by atoms with Crippen molar-refractivity contribution in [3.63, 3.8) is 0 Å². The molecule has 122 valence electrons. The summed E-state index contributed by atoms with van der Waals surface area (Å²) in [5.74, 6) is 0.979. The van der Waals surface area contributed by atoms with Crippen LogP contribution in [0, 0.1) is 5.92 Å². The first-order chi connectivity index (χ1) is 10.8. The number of rotatable bonds is 6. The van der Waals surface area contributed by atoms with Crippen molar-refractivity contribution in [1.82, 2.24) is 15.3 Å². The van der Waals surface area contributed by atoms with Crippen LogP contribution in [0.15, 0.2) is 48.3 Å². The van der Waals surface area contributed by atoms with Crippen molar-refractivity contribution in [2.45, 2.75) is 32.4 Å². The van der Waals surface area contributed by atoms with Crippen LogP contribution in [-0.2, 0) is 6.54 Å². The number of nitrogens with zero attached hydrogens (tertiary/aromatic N) is 2. The van der Waals surface area contributed by atoms with Crippen molar-refractivity contribution < 1.29 is 0 Å². The number of nitrogen functional groups attached to an aromatic ring is 1. The average Bonchev–Trinajstić information content (AvgIpc) is 3.32. The molecule has 1 saturated carbocycles. The van der Waals surface area contributed by atoms with Crippen LogP contribution in [0.2, 0.25) is 0 Å². The average molecular weight is 331 g/mol. The second-order valence-electron chi connectivity index (χ2n) is 5.76. The van der Waals surface area contributed by atoms with E-state index in [1.807, 2.05) is 0 Å². The molecule has 0 amide bonds. The highest BCUT2D eigenvalue weighted by Crippen LogP contribution is 2.39. The molecule has 3 rings (SSSR count). The summed E-state index contributed by atoms with van der Waals surface area (Å²) in [7, 11) is 0. The van der Waals surface area contributed by atoms with E-state index in [2.05, 4.69) is 58.6 Å². The van der Waals surface area contributed by atoms with Crippen LogP contribution in [-0.4, -0.2) is 16.0 Å². The molecule has 1 fully saturated rings. The van der Waals surface area contributed by atoms with Gasteiger partial charge in [0.1, 0.15) is 0 Å². The lowest BCUT2D eigenvalue weighted by molar-refractivity contribution is 0.652. The second kappa shape index (κ2) is 8.09. The van der Waals surface area contributed by atoms with E-state index >= 15 is 0 Å². The number of hydrogen-bond donors (Lipinski definition) is 2. The van der Waals surface area contributed by atoms with Crippen LogP contribution in [0.4, 0.5) is 5.95 Å². The molecule has 1 aromatic carbocycles. The molecule has 3 N–H and O–H groups in total. The number of anilines is 1. The maximum absolute atomic E-state index is 5.50. The molecule has 23 heavy (non-hydrogen) atoms. The molecule has 2 atom stereocenters. The van der Waals surface area contributed by atoms with E-state index in [4.69, 9.17) is 5.73 Å². The van der Waals surface area contributed by atoms with Gasteiger partial charge in [-0.15, -0.1) is 12.4 Å². The molecule has 0 saturated heterocycles. The molecule has 0 aliphatic heterocycles. The van der Waals surface area contributed by atoms with Crippen LogP contribution in [0.3, 0.4) is 0 Å². The molecule has 0 radical (unpaired) electrons. The van der Waals surface area contributed by atoms with Gasteiger partial charge in [-0.3, -0.25) is 0 Å². The van der Waals surface area contributed by atoms with Crippen molar-refractivity contribution in [3.8, 4) is 0 Å². The van der Waals surface area contributed by atoms with E-state index < -0.39 is 0 Å². The summed E-state index contributed by atoms with van der Waals surface area (Å²) in [4.78, 5) is 8.04. The lowest BCUT2D eigenvalue weighted by Crippen LogP contribution is -2.18. The van der Waals surface area contributed by atoms with Gasteiger partial charge in [-0.25, -0.2) is 9.97 Å². The number of aromatic nitrogens is 2. The van der Waals surface area contributed by atoms with E-state index in [0.717, 1.165) is 18.5 Å². The van der Waals surface area contributed by atoms with Gasteiger partial charge in [0.15, 0.2) is 0 Å². The molecule has 1 heterocycles. The maximum atomic E-state index is 5.50. The van der Waals surface area contributed by atoms with E-state index in [0.29, 0.717) is 17.9 Å². The number of nitrogens with one attached hydrogen (secondary N) is 1. The monoisotopic (exact) mass is 330 g/mol. The molecule has 2 aromatic rings. The van der Waals surface area contributed by atoms with Gasteiger partial charge in [-0.2, -0.15) is 0 Å². The van der Waals surface area contributed by atoms with E-state index in [1.165, 1.54) is 17.6 Å². The van der Waals surface area contributed by atoms with Gasteiger partial charge in [0.25, 0.3) is 0 Å². The Morgan fingerprint density at radius 2 is 1.96 bits per heavy atom. The Kier molecular flexibility index (Phi) is 6.13. The Hall–Kier alpha value is -1.91. The third-order valence-electron chi connectivity index (χ3n) is 4.12. The van der Waals surface area contributed by atoms with Crippen LogP contribution in [0.25, 0.3) is 6.08 Å². The molecular weight excluding hydrogens is 308 g/mol. The molecule has 1 aliphatic rings. The zero-order chi connectivity index (χ0) is 15.4. The predicted octanol–water partition coefficient (Wildman–Crippen LogP) is 3.45. The van der Waals surface area contributed by atoms with Gasteiger partial charge in [-0.05, 0) is 24.3 Å². The zero-order valence-corrected chi connectivity index (χ0v) is 14.1. The number of hydrogen-bond acceptors (Lipinski definition) is 4. The Labute approximate surface area is 143 Å². The Bertz CT molecular complexity index is 640. The van der Waals surface area contributed by atoms with Gasteiger partial charge < -0.3 is 11.1 Å². The summed E-state index contributed by atoms with van der Waals surface area (Å²) >= 11 is 0. The molecule has 0 bridgehead atoms. The summed E-state index contributed by atoms with van der Waals surface area (Å²) in [6, 6.07) is 11.1.